The van der Waals surface area contributed by atoms with Crippen LogP contribution in [0, 0.1) is 11.8 Å². The second-order valence-electron chi connectivity index (χ2n) is 6.33. The van der Waals surface area contributed by atoms with Crippen molar-refractivity contribution >= 4 is 0 Å². The van der Waals surface area contributed by atoms with Crippen LogP contribution in [-0.2, 0) is 0 Å². The van der Waals surface area contributed by atoms with Gasteiger partial charge in [-0.2, -0.15) is 13.2 Å². The smallest absolute Gasteiger partial charge is 0.317 e. The SMILES string of the molecule is CCCCC1CCC(C(CCCC(F)(F)F)NC)CC1. The molecule has 1 nitrogen and oxygen atoms in total. The maximum absolute atomic E-state index is 12.2. The van der Waals surface area contributed by atoms with Crippen molar-refractivity contribution in [2.45, 2.75) is 83.4 Å². The highest BCUT2D eigenvalue weighted by atomic mass is 19.4. The summed E-state index contributed by atoms with van der Waals surface area (Å²) >= 11 is 0. The Hall–Kier alpha value is -0.250. The van der Waals surface area contributed by atoms with Gasteiger partial charge in [-0.05, 0) is 44.6 Å². The highest BCUT2D eigenvalue weighted by Gasteiger charge is 2.29. The fourth-order valence-corrected chi connectivity index (χ4v) is 3.51. The molecule has 0 aromatic carbocycles. The summed E-state index contributed by atoms with van der Waals surface area (Å²) in [5.41, 5.74) is 0. The quantitative estimate of drug-likeness (QED) is 0.640. The number of unbranched alkanes of at least 4 members (excludes halogenated alkanes) is 1. The monoisotopic (exact) mass is 293 g/mol. The first-order chi connectivity index (χ1) is 9.46. The molecule has 1 saturated carbocycles. The highest BCUT2D eigenvalue weighted by molar-refractivity contribution is 4.81. The lowest BCUT2D eigenvalue weighted by Gasteiger charge is -2.34. The van der Waals surface area contributed by atoms with Gasteiger partial charge in [0.25, 0.3) is 0 Å². The molecular weight excluding hydrogens is 263 g/mol. The van der Waals surface area contributed by atoms with Crippen molar-refractivity contribution in [2.24, 2.45) is 11.8 Å². The van der Waals surface area contributed by atoms with Gasteiger partial charge in [0.05, 0.1) is 0 Å². The van der Waals surface area contributed by atoms with Gasteiger partial charge in [-0.1, -0.05) is 39.0 Å². The third kappa shape index (κ3) is 6.96. The summed E-state index contributed by atoms with van der Waals surface area (Å²) in [5.74, 6) is 1.44. The predicted molar refractivity (Wildman–Crippen MR) is 77.7 cm³/mol. The predicted octanol–water partition coefficient (Wildman–Crippen LogP) is 5.30. The Bertz CT molecular complexity index is 245. The minimum atomic E-state index is -4.00. The molecule has 0 heterocycles. The first kappa shape index (κ1) is 17.8. The summed E-state index contributed by atoms with van der Waals surface area (Å²) in [6.07, 6.45) is 5.08. The number of hydrogen-bond acceptors (Lipinski definition) is 1. The molecule has 0 saturated heterocycles. The molecule has 0 bridgehead atoms. The van der Waals surface area contributed by atoms with E-state index < -0.39 is 12.6 Å². The average molecular weight is 293 g/mol. The molecule has 4 heteroatoms. The summed E-state index contributed by atoms with van der Waals surface area (Å²) in [6.45, 7) is 2.23. The van der Waals surface area contributed by atoms with E-state index >= 15 is 0 Å². The first-order valence-electron chi connectivity index (χ1n) is 8.20. The average Bonchev–Trinajstić information content (AvgIpc) is 2.41. The summed E-state index contributed by atoms with van der Waals surface area (Å²) in [6, 6.07) is 0.268. The van der Waals surface area contributed by atoms with Gasteiger partial charge in [-0.15, -0.1) is 0 Å². The van der Waals surface area contributed by atoms with Crippen LogP contribution >= 0.6 is 0 Å². The Morgan fingerprint density at radius 2 is 1.75 bits per heavy atom. The fourth-order valence-electron chi connectivity index (χ4n) is 3.51. The van der Waals surface area contributed by atoms with Gasteiger partial charge in [-0.25, -0.2) is 0 Å². The van der Waals surface area contributed by atoms with Crippen molar-refractivity contribution in [3.63, 3.8) is 0 Å². The van der Waals surface area contributed by atoms with Crippen molar-refractivity contribution in [3.05, 3.63) is 0 Å². The Labute approximate surface area is 121 Å². The largest absolute Gasteiger partial charge is 0.389 e. The molecule has 1 atom stereocenters. The maximum Gasteiger partial charge on any atom is 0.389 e. The number of rotatable bonds is 8. The van der Waals surface area contributed by atoms with Crippen LogP contribution in [0.5, 0.6) is 0 Å². The second kappa shape index (κ2) is 8.91. The molecule has 0 aliphatic heterocycles. The lowest BCUT2D eigenvalue weighted by atomic mass is 9.76. The second-order valence-corrected chi connectivity index (χ2v) is 6.33. The number of alkyl halides is 3. The molecule has 20 heavy (non-hydrogen) atoms. The molecule has 0 spiro atoms. The van der Waals surface area contributed by atoms with E-state index in [2.05, 4.69) is 12.2 Å². The number of halogens is 3. The molecule has 1 N–H and O–H groups in total. The van der Waals surface area contributed by atoms with Crippen LogP contribution in [0.2, 0.25) is 0 Å². The van der Waals surface area contributed by atoms with Crippen molar-refractivity contribution in [1.29, 1.82) is 0 Å². The standard InChI is InChI=1S/C16H30F3N/c1-3-4-6-13-8-10-14(11-9-13)15(20-2)7-5-12-16(17,18)19/h13-15,20H,3-12H2,1-2H3. The van der Waals surface area contributed by atoms with Crippen LogP contribution in [0.25, 0.3) is 0 Å². The normalized spacial score (nSPS) is 25.6. The topological polar surface area (TPSA) is 12.0 Å². The fraction of sp³-hybridized carbons (Fsp3) is 1.00. The Kier molecular flexibility index (Phi) is 7.93. The lowest BCUT2D eigenvalue weighted by Crippen LogP contribution is -2.36. The van der Waals surface area contributed by atoms with Crippen LogP contribution in [0.15, 0.2) is 0 Å². The molecule has 1 rings (SSSR count). The molecule has 0 aromatic rings. The van der Waals surface area contributed by atoms with E-state index in [1.807, 2.05) is 7.05 Å². The highest BCUT2D eigenvalue weighted by Crippen LogP contribution is 2.35. The van der Waals surface area contributed by atoms with E-state index in [1.54, 1.807) is 0 Å². The minimum absolute atomic E-state index is 0.255. The third-order valence-electron chi connectivity index (χ3n) is 4.77. The third-order valence-corrected chi connectivity index (χ3v) is 4.77. The molecule has 120 valence electrons. The van der Waals surface area contributed by atoms with Gasteiger partial charge in [-0.3, -0.25) is 0 Å². The minimum Gasteiger partial charge on any atom is -0.317 e. The Balaban J connectivity index is 2.26. The van der Waals surface area contributed by atoms with Crippen molar-refractivity contribution in [1.82, 2.24) is 5.32 Å². The van der Waals surface area contributed by atoms with Crippen LogP contribution < -0.4 is 5.32 Å². The van der Waals surface area contributed by atoms with E-state index in [0.717, 1.165) is 5.92 Å². The molecule has 1 aliphatic carbocycles. The van der Waals surface area contributed by atoms with Crippen molar-refractivity contribution in [2.75, 3.05) is 7.05 Å². The van der Waals surface area contributed by atoms with Gasteiger partial charge in [0.2, 0.25) is 0 Å². The molecule has 1 fully saturated rings. The van der Waals surface area contributed by atoms with Crippen LogP contribution in [0.4, 0.5) is 13.2 Å². The van der Waals surface area contributed by atoms with Gasteiger partial charge >= 0.3 is 6.18 Å². The number of hydrogen-bond donors (Lipinski definition) is 1. The van der Waals surface area contributed by atoms with Crippen LogP contribution in [-0.4, -0.2) is 19.3 Å². The molecule has 1 unspecified atom stereocenters. The summed E-state index contributed by atoms with van der Waals surface area (Å²) in [7, 11) is 1.89. The first-order valence-corrected chi connectivity index (χ1v) is 8.20. The van der Waals surface area contributed by atoms with Gasteiger partial charge in [0, 0.05) is 12.5 Å². The molecule has 1 aliphatic rings. The molecule has 0 amide bonds. The van der Waals surface area contributed by atoms with Crippen molar-refractivity contribution in [3.8, 4) is 0 Å². The number of nitrogens with one attached hydrogen (secondary N) is 1. The van der Waals surface area contributed by atoms with Gasteiger partial charge in [0.1, 0.15) is 0 Å². The summed E-state index contributed by atoms with van der Waals surface area (Å²) in [5, 5.41) is 3.25. The maximum atomic E-state index is 12.2. The van der Waals surface area contributed by atoms with E-state index in [4.69, 9.17) is 0 Å². The van der Waals surface area contributed by atoms with Crippen LogP contribution in [0.1, 0.15) is 71.1 Å². The zero-order valence-corrected chi connectivity index (χ0v) is 12.9. The summed E-state index contributed by atoms with van der Waals surface area (Å²) < 4.78 is 36.6. The summed E-state index contributed by atoms with van der Waals surface area (Å²) in [4.78, 5) is 0. The van der Waals surface area contributed by atoms with E-state index in [1.165, 1.54) is 44.9 Å². The van der Waals surface area contributed by atoms with Gasteiger partial charge < -0.3 is 5.32 Å². The Morgan fingerprint density at radius 1 is 1.10 bits per heavy atom. The van der Waals surface area contributed by atoms with Crippen LogP contribution in [0.3, 0.4) is 0 Å². The molecule has 0 aromatic heterocycles. The van der Waals surface area contributed by atoms with E-state index in [-0.39, 0.29) is 12.5 Å². The molecular formula is C16H30F3N. The van der Waals surface area contributed by atoms with E-state index in [9.17, 15) is 13.2 Å². The Morgan fingerprint density at radius 3 is 2.25 bits per heavy atom. The molecule has 0 radical (unpaired) electrons. The van der Waals surface area contributed by atoms with Crippen molar-refractivity contribution < 1.29 is 13.2 Å². The zero-order valence-electron chi connectivity index (χ0n) is 12.9. The lowest BCUT2D eigenvalue weighted by molar-refractivity contribution is -0.136. The zero-order chi connectivity index (χ0) is 15.0. The van der Waals surface area contributed by atoms with E-state index in [0.29, 0.717) is 12.3 Å². The van der Waals surface area contributed by atoms with Gasteiger partial charge in [0.15, 0.2) is 0 Å².